The van der Waals surface area contributed by atoms with Crippen LogP contribution >= 0.6 is 0 Å². The normalized spacial score (nSPS) is 16.6. The number of hydrogen-bond donors (Lipinski definition) is 1. The molecular weight excluding hydrogens is 234 g/mol. The van der Waals surface area contributed by atoms with Gasteiger partial charge < -0.3 is 9.47 Å². The molecule has 0 amide bonds. The van der Waals surface area contributed by atoms with Crippen LogP contribution in [0.25, 0.3) is 0 Å². The van der Waals surface area contributed by atoms with E-state index in [-0.39, 0.29) is 19.3 Å². The van der Waals surface area contributed by atoms with Crippen LogP contribution in [0.5, 0.6) is 0 Å². The molecule has 0 aromatic rings. The predicted molar refractivity (Wildman–Crippen MR) is 67.1 cm³/mol. The molecule has 1 aliphatic rings. The first-order valence-electron chi connectivity index (χ1n) is 6.78. The third-order valence-electron chi connectivity index (χ3n) is 3.05. The highest BCUT2D eigenvalue weighted by Crippen LogP contribution is 2.18. The SMILES string of the molecule is CCOC(=O)C(NC1CCCCC1)C(=O)OCC. The Morgan fingerprint density at radius 1 is 1.06 bits per heavy atom. The van der Waals surface area contributed by atoms with Crippen LogP contribution < -0.4 is 5.32 Å². The highest BCUT2D eigenvalue weighted by atomic mass is 16.6. The highest BCUT2D eigenvalue weighted by Gasteiger charge is 2.31. The van der Waals surface area contributed by atoms with E-state index in [4.69, 9.17) is 9.47 Å². The van der Waals surface area contributed by atoms with Crippen LogP contribution in [0.4, 0.5) is 0 Å². The lowest BCUT2D eigenvalue weighted by Gasteiger charge is -2.26. The van der Waals surface area contributed by atoms with Crippen molar-refractivity contribution in [3.8, 4) is 0 Å². The molecule has 1 rings (SSSR count). The fourth-order valence-electron chi connectivity index (χ4n) is 2.19. The molecule has 0 atom stereocenters. The molecule has 0 aromatic carbocycles. The quantitative estimate of drug-likeness (QED) is 0.575. The Morgan fingerprint density at radius 2 is 1.56 bits per heavy atom. The number of rotatable bonds is 6. The second kappa shape index (κ2) is 8.08. The molecule has 1 N–H and O–H groups in total. The Bertz CT molecular complexity index is 256. The Hall–Kier alpha value is -1.10. The first-order chi connectivity index (χ1) is 8.69. The maximum atomic E-state index is 11.7. The summed E-state index contributed by atoms with van der Waals surface area (Å²) in [5, 5.41) is 3.08. The van der Waals surface area contributed by atoms with Crippen molar-refractivity contribution in [1.29, 1.82) is 0 Å². The van der Waals surface area contributed by atoms with Gasteiger partial charge in [-0.3, -0.25) is 5.32 Å². The number of hydrogen-bond acceptors (Lipinski definition) is 5. The van der Waals surface area contributed by atoms with E-state index in [2.05, 4.69) is 5.32 Å². The van der Waals surface area contributed by atoms with Crippen LogP contribution in [0.1, 0.15) is 46.0 Å². The molecule has 0 aliphatic heterocycles. The zero-order chi connectivity index (χ0) is 13.4. The van der Waals surface area contributed by atoms with Crippen molar-refractivity contribution in [1.82, 2.24) is 5.32 Å². The van der Waals surface area contributed by atoms with Gasteiger partial charge in [0.1, 0.15) is 0 Å². The first-order valence-corrected chi connectivity index (χ1v) is 6.78. The van der Waals surface area contributed by atoms with Crippen LogP contribution in [-0.4, -0.2) is 37.2 Å². The van der Waals surface area contributed by atoms with E-state index in [1.165, 1.54) is 6.42 Å². The van der Waals surface area contributed by atoms with E-state index < -0.39 is 18.0 Å². The van der Waals surface area contributed by atoms with Gasteiger partial charge in [0, 0.05) is 6.04 Å². The van der Waals surface area contributed by atoms with E-state index in [1.54, 1.807) is 13.8 Å². The summed E-state index contributed by atoms with van der Waals surface area (Å²) in [6.45, 7) is 3.98. The summed E-state index contributed by atoms with van der Waals surface area (Å²) in [6, 6.07) is -0.773. The Morgan fingerprint density at radius 3 is 2.00 bits per heavy atom. The van der Waals surface area contributed by atoms with Crippen LogP contribution in [0.3, 0.4) is 0 Å². The highest BCUT2D eigenvalue weighted by molar-refractivity contribution is 5.99. The van der Waals surface area contributed by atoms with Crippen molar-refractivity contribution in [2.24, 2.45) is 0 Å². The first kappa shape index (κ1) is 15.0. The topological polar surface area (TPSA) is 64.6 Å². The molecule has 1 saturated carbocycles. The molecule has 0 bridgehead atoms. The average Bonchev–Trinajstić information content (AvgIpc) is 2.37. The van der Waals surface area contributed by atoms with E-state index >= 15 is 0 Å². The number of carbonyl (C=O) groups excluding carboxylic acids is 2. The smallest absolute Gasteiger partial charge is 0.334 e. The number of nitrogens with one attached hydrogen (secondary N) is 1. The third kappa shape index (κ3) is 4.64. The molecule has 5 heteroatoms. The van der Waals surface area contributed by atoms with Crippen molar-refractivity contribution in [2.45, 2.75) is 58.0 Å². The zero-order valence-electron chi connectivity index (χ0n) is 11.2. The van der Waals surface area contributed by atoms with Crippen molar-refractivity contribution in [2.75, 3.05) is 13.2 Å². The predicted octanol–water partition coefficient (Wildman–Crippen LogP) is 1.40. The molecule has 1 fully saturated rings. The van der Waals surface area contributed by atoms with E-state index in [0.29, 0.717) is 0 Å². The van der Waals surface area contributed by atoms with Gasteiger partial charge in [-0.05, 0) is 26.7 Å². The van der Waals surface area contributed by atoms with Crippen LogP contribution in [0, 0.1) is 0 Å². The molecule has 104 valence electrons. The lowest BCUT2D eigenvalue weighted by atomic mass is 9.95. The zero-order valence-corrected chi connectivity index (χ0v) is 11.2. The Balaban J connectivity index is 2.57. The van der Waals surface area contributed by atoms with Gasteiger partial charge in [-0.15, -0.1) is 0 Å². The van der Waals surface area contributed by atoms with E-state index in [9.17, 15) is 9.59 Å². The van der Waals surface area contributed by atoms with Gasteiger partial charge in [0.25, 0.3) is 0 Å². The third-order valence-corrected chi connectivity index (χ3v) is 3.05. The average molecular weight is 257 g/mol. The van der Waals surface area contributed by atoms with Crippen molar-refractivity contribution >= 4 is 11.9 Å². The minimum absolute atomic E-state index is 0.206. The summed E-state index contributed by atoms with van der Waals surface area (Å²) in [5.74, 6) is -1.08. The molecule has 5 nitrogen and oxygen atoms in total. The summed E-state index contributed by atoms with van der Waals surface area (Å²) in [6.07, 6.45) is 5.48. The standard InChI is InChI=1S/C13H23NO4/c1-3-17-12(15)11(13(16)18-4-2)14-10-8-6-5-7-9-10/h10-11,14H,3-9H2,1-2H3. The van der Waals surface area contributed by atoms with Gasteiger partial charge >= 0.3 is 11.9 Å². The summed E-state index contributed by atoms with van der Waals surface area (Å²) in [5.41, 5.74) is 0. The summed E-state index contributed by atoms with van der Waals surface area (Å²) >= 11 is 0. The van der Waals surface area contributed by atoms with Crippen LogP contribution in [-0.2, 0) is 19.1 Å². The van der Waals surface area contributed by atoms with Gasteiger partial charge in [-0.1, -0.05) is 19.3 Å². The molecular formula is C13H23NO4. The van der Waals surface area contributed by atoms with Crippen molar-refractivity contribution < 1.29 is 19.1 Å². The van der Waals surface area contributed by atoms with Gasteiger partial charge in [0.2, 0.25) is 6.04 Å². The van der Waals surface area contributed by atoms with Gasteiger partial charge in [0.15, 0.2) is 0 Å². The second-order valence-corrected chi connectivity index (χ2v) is 4.44. The van der Waals surface area contributed by atoms with E-state index in [1.807, 2.05) is 0 Å². The molecule has 0 radical (unpaired) electrons. The van der Waals surface area contributed by atoms with Gasteiger partial charge in [0.05, 0.1) is 13.2 Å². The number of esters is 2. The number of carbonyl (C=O) groups is 2. The Labute approximate surface area is 108 Å². The lowest BCUT2D eigenvalue weighted by Crippen LogP contribution is -2.50. The molecule has 0 saturated heterocycles. The monoisotopic (exact) mass is 257 g/mol. The minimum atomic E-state index is -0.979. The summed E-state index contributed by atoms with van der Waals surface area (Å²) < 4.78 is 9.82. The fraction of sp³-hybridized carbons (Fsp3) is 0.846. The van der Waals surface area contributed by atoms with Crippen LogP contribution in [0.2, 0.25) is 0 Å². The summed E-state index contributed by atoms with van der Waals surface area (Å²) in [4.78, 5) is 23.5. The molecule has 0 unspecified atom stereocenters. The molecule has 1 aliphatic carbocycles. The fourth-order valence-corrected chi connectivity index (χ4v) is 2.19. The maximum Gasteiger partial charge on any atom is 0.334 e. The Kier molecular flexibility index (Phi) is 6.72. The molecule has 0 aromatic heterocycles. The maximum absolute atomic E-state index is 11.7. The van der Waals surface area contributed by atoms with Gasteiger partial charge in [-0.25, -0.2) is 9.59 Å². The lowest BCUT2D eigenvalue weighted by molar-refractivity contribution is -0.158. The van der Waals surface area contributed by atoms with Gasteiger partial charge in [-0.2, -0.15) is 0 Å². The van der Waals surface area contributed by atoms with E-state index in [0.717, 1.165) is 25.7 Å². The molecule has 18 heavy (non-hydrogen) atoms. The minimum Gasteiger partial charge on any atom is -0.464 e. The molecule has 0 heterocycles. The van der Waals surface area contributed by atoms with Crippen molar-refractivity contribution in [3.05, 3.63) is 0 Å². The summed E-state index contributed by atoms with van der Waals surface area (Å²) in [7, 11) is 0. The van der Waals surface area contributed by atoms with Crippen LogP contribution in [0.15, 0.2) is 0 Å². The van der Waals surface area contributed by atoms with Crippen molar-refractivity contribution in [3.63, 3.8) is 0 Å². The molecule has 0 spiro atoms. The second-order valence-electron chi connectivity index (χ2n) is 4.44. The largest absolute Gasteiger partial charge is 0.464 e. The number of ether oxygens (including phenoxy) is 2.